The number of aromatic nitrogens is 2. The zero-order valence-corrected chi connectivity index (χ0v) is 11.8. The molecule has 0 saturated heterocycles. The molecule has 1 atom stereocenters. The Kier molecular flexibility index (Phi) is 4.09. The molecule has 1 heterocycles. The second-order valence-electron chi connectivity index (χ2n) is 5.07. The Balaban J connectivity index is 1.79. The second kappa shape index (κ2) is 6.34. The van der Waals surface area contributed by atoms with Crippen molar-refractivity contribution in [2.45, 2.75) is 25.0 Å². The predicted octanol–water partition coefficient (Wildman–Crippen LogP) is 1.65. The van der Waals surface area contributed by atoms with Crippen molar-refractivity contribution in [1.82, 2.24) is 15.3 Å². The lowest BCUT2D eigenvalue weighted by molar-refractivity contribution is -0.130. The Bertz CT molecular complexity index is 657. The number of rotatable bonds is 5. The van der Waals surface area contributed by atoms with Crippen molar-refractivity contribution in [1.29, 1.82) is 0 Å². The summed E-state index contributed by atoms with van der Waals surface area (Å²) >= 11 is 0. The summed E-state index contributed by atoms with van der Waals surface area (Å²) in [6.45, 7) is 0. The third kappa shape index (κ3) is 3.46. The van der Waals surface area contributed by atoms with Crippen LogP contribution in [-0.2, 0) is 9.53 Å². The molecule has 112 valence electrons. The summed E-state index contributed by atoms with van der Waals surface area (Å²) in [5.74, 6) is -0.987. The average Bonchev–Trinajstić information content (AvgIpc) is 3.38. The van der Waals surface area contributed by atoms with Gasteiger partial charge in [0.25, 0.3) is 5.91 Å². The number of hydrogen-bond acceptors (Lipinski definition) is 5. The van der Waals surface area contributed by atoms with E-state index in [-0.39, 0.29) is 17.6 Å². The maximum absolute atomic E-state index is 12.3. The summed E-state index contributed by atoms with van der Waals surface area (Å²) in [6.07, 6.45) is 5.11. The summed E-state index contributed by atoms with van der Waals surface area (Å²) in [6, 6.07) is 9.12. The average molecular weight is 297 g/mol. The molecule has 1 amide bonds. The standard InChI is InChI=1S/C16H15N3O3/c20-15(19-12-6-7-12)14(11-4-2-1-3-5-11)22-16(21)13-10-17-8-9-18-13/h1-5,8-10,12,14H,6-7H2,(H,19,20)/t14-/m1/s1. The van der Waals surface area contributed by atoms with Gasteiger partial charge in [0.1, 0.15) is 0 Å². The van der Waals surface area contributed by atoms with Crippen molar-refractivity contribution in [2.24, 2.45) is 0 Å². The van der Waals surface area contributed by atoms with Gasteiger partial charge in [0, 0.05) is 24.0 Å². The third-order valence-electron chi connectivity index (χ3n) is 3.26. The maximum atomic E-state index is 12.3. The fourth-order valence-electron chi connectivity index (χ4n) is 1.98. The number of hydrogen-bond donors (Lipinski definition) is 1. The molecule has 6 nitrogen and oxygen atoms in total. The van der Waals surface area contributed by atoms with Crippen molar-refractivity contribution >= 4 is 11.9 Å². The molecule has 1 aliphatic carbocycles. The van der Waals surface area contributed by atoms with Crippen LogP contribution in [0.25, 0.3) is 0 Å². The number of ether oxygens (including phenoxy) is 1. The Labute approximate surface area is 127 Å². The van der Waals surface area contributed by atoms with E-state index in [1.165, 1.54) is 18.6 Å². The molecule has 1 aromatic heterocycles. The lowest BCUT2D eigenvalue weighted by Crippen LogP contribution is -2.33. The van der Waals surface area contributed by atoms with Crippen molar-refractivity contribution in [3.8, 4) is 0 Å². The summed E-state index contributed by atoms with van der Waals surface area (Å²) in [5, 5.41) is 2.86. The van der Waals surface area contributed by atoms with Gasteiger partial charge in [-0.05, 0) is 12.8 Å². The molecule has 0 aliphatic heterocycles. The highest BCUT2D eigenvalue weighted by atomic mass is 16.5. The number of carbonyl (C=O) groups is 2. The van der Waals surface area contributed by atoms with E-state index in [1.54, 1.807) is 24.3 Å². The first-order chi connectivity index (χ1) is 10.7. The van der Waals surface area contributed by atoms with Crippen LogP contribution in [0.2, 0.25) is 0 Å². The van der Waals surface area contributed by atoms with Crippen LogP contribution in [-0.4, -0.2) is 27.9 Å². The molecule has 1 N–H and O–H groups in total. The van der Waals surface area contributed by atoms with Gasteiger partial charge in [-0.15, -0.1) is 0 Å². The Morgan fingerprint density at radius 1 is 1.18 bits per heavy atom. The van der Waals surface area contributed by atoms with Crippen LogP contribution < -0.4 is 5.32 Å². The quantitative estimate of drug-likeness (QED) is 0.849. The zero-order valence-electron chi connectivity index (χ0n) is 11.8. The van der Waals surface area contributed by atoms with Crippen molar-refractivity contribution in [3.63, 3.8) is 0 Å². The van der Waals surface area contributed by atoms with E-state index in [1.807, 2.05) is 6.07 Å². The summed E-state index contributed by atoms with van der Waals surface area (Å²) < 4.78 is 5.36. The highest BCUT2D eigenvalue weighted by Crippen LogP contribution is 2.23. The van der Waals surface area contributed by atoms with E-state index in [0.29, 0.717) is 5.56 Å². The first-order valence-corrected chi connectivity index (χ1v) is 7.06. The highest BCUT2D eigenvalue weighted by molar-refractivity contribution is 5.91. The van der Waals surface area contributed by atoms with E-state index in [2.05, 4.69) is 15.3 Å². The monoisotopic (exact) mass is 297 g/mol. The molecular formula is C16H15N3O3. The number of carbonyl (C=O) groups excluding carboxylic acids is 2. The Hall–Kier alpha value is -2.76. The normalized spacial score (nSPS) is 14.9. The maximum Gasteiger partial charge on any atom is 0.359 e. The molecule has 1 fully saturated rings. The minimum absolute atomic E-state index is 0.0719. The lowest BCUT2D eigenvalue weighted by Gasteiger charge is -2.17. The SMILES string of the molecule is O=C(O[C@@H](C(=O)NC1CC1)c1ccccc1)c1cnccn1. The number of amides is 1. The minimum Gasteiger partial charge on any atom is -0.443 e. The van der Waals surface area contributed by atoms with Crippen molar-refractivity contribution < 1.29 is 14.3 Å². The van der Waals surface area contributed by atoms with Crippen LogP contribution in [0.5, 0.6) is 0 Å². The lowest BCUT2D eigenvalue weighted by atomic mass is 10.1. The van der Waals surface area contributed by atoms with Crippen LogP contribution in [0.3, 0.4) is 0 Å². The van der Waals surface area contributed by atoms with Gasteiger partial charge in [-0.25, -0.2) is 9.78 Å². The van der Waals surface area contributed by atoms with Crippen LogP contribution in [0.1, 0.15) is 35.0 Å². The molecular weight excluding hydrogens is 282 g/mol. The van der Waals surface area contributed by atoms with Gasteiger partial charge in [-0.1, -0.05) is 30.3 Å². The fourth-order valence-corrected chi connectivity index (χ4v) is 1.98. The second-order valence-corrected chi connectivity index (χ2v) is 5.07. The molecule has 0 spiro atoms. The van der Waals surface area contributed by atoms with Gasteiger partial charge in [0.15, 0.2) is 5.69 Å². The smallest absolute Gasteiger partial charge is 0.359 e. The Morgan fingerprint density at radius 2 is 1.95 bits per heavy atom. The molecule has 3 rings (SSSR count). The molecule has 0 radical (unpaired) electrons. The molecule has 2 aromatic rings. The molecule has 1 aromatic carbocycles. The topological polar surface area (TPSA) is 81.2 Å². The number of esters is 1. The van der Waals surface area contributed by atoms with Crippen LogP contribution in [0.15, 0.2) is 48.9 Å². The number of benzene rings is 1. The van der Waals surface area contributed by atoms with Crippen LogP contribution >= 0.6 is 0 Å². The van der Waals surface area contributed by atoms with Gasteiger partial charge in [0.05, 0.1) is 6.20 Å². The minimum atomic E-state index is -0.990. The summed E-state index contributed by atoms with van der Waals surface area (Å²) in [7, 11) is 0. The first-order valence-electron chi connectivity index (χ1n) is 7.06. The van der Waals surface area contributed by atoms with Crippen molar-refractivity contribution in [2.75, 3.05) is 0 Å². The Morgan fingerprint density at radius 3 is 2.59 bits per heavy atom. The molecule has 22 heavy (non-hydrogen) atoms. The number of nitrogens with one attached hydrogen (secondary N) is 1. The number of nitrogens with zero attached hydrogens (tertiary/aromatic N) is 2. The molecule has 1 saturated carbocycles. The largest absolute Gasteiger partial charge is 0.443 e. The van der Waals surface area contributed by atoms with Crippen LogP contribution in [0.4, 0.5) is 0 Å². The molecule has 0 unspecified atom stereocenters. The summed E-state index contributed by atoms with van der Waals surface area (Å²) in [4.78, 5) is 32.2. The van der Waals surface area contributed by atoms with E-state index in [9.17, 15) is 9.59 Å². The fraction of sp³-hybridized carbons (Fsp3) is 0.250. The van der Waals surface area contributed by atoms with Crippen LogP contribution in [0, 0.1) is 0 Å². The van der Waals surface area contributed by atoms with Gasteiger partial charge in [0.2, 0.25) is 6.10 Å². The van der Waals surface area contributed by atoms with Gasteiger partial charge < -0.3 is 10.1 Å². The summed E-state index contributed by atoms with van der Waals surface area (Å²) in [5.41, 5.74) is 0.695. The highest BCUT2D eigenvalue weighted by Gasteiger charge is 2.31. The van der Waals surface area contributed by atoms with E-state index in [4.69, 9.17) is 4.74 Å². The van der Waals surface area contributed by atoms with E-state index in [0.717, 1.165) is 12.8 Å². The molecule has 1 aliphatic rings. The first kappa shape index (κ1) is 14.2. The van der Waals surface area contributed by atoms with Gasteiger partial charge in [-0.2, -0.15) is 0 Å². The molecule has 0 bridgehead atoms. The van der Waals surface area contributed by atoms with Gasteiger partial charge >= 0.3 is 5.97 Å². The van der Waals surface area contributed by atoms with Gasteiger partial charge in [-0.3, -0.25) is 9.78 Å². The van der Waals surface area contributed by atoms with Crippen molar-refractivity contribution in [3.05, 3.63) is 60.2 Å². The zero-order chi connectivity index (χ0) is 15.4. The predicted molar refractivity (Wildman–Crippen MR) is 77.8 cm³/mol. The third-order valence-corrected chi connectivity index (χ3v) is 3.26. The van der Waals surface area contributed by atoms with E-state index >= 15 is 0 Å². The van der Waals surface area contributed by atoms with E-state index < -0.39 is 12.1 Å². The molecule has 6 heteroatoms.